The molecule has 0 aliphatic heterocycles. The number of benzene rings is 1. The predicted molar refractivity (Wildman–Crippen MR) is 182 cm³/mol. The van der Waals surface area contributed by atoms with Gasteiger partial charge in [-0.15, -0.1) is 0 Å². The molecule has 0 aromatic heterocycles. The average Bonchev–Trinajstić information content (AvgIpc) is 2.90. The molecule has 1 aliphatic rings. The third-order valence-electron chi connectivity index (χ3n) is 9.33. The maximum atomic E-state index is 2.70. The van der Waals surface area contributed by atoms with Gasteiger partial charge >= 0.3 is 0 Å². The van der Waals surface area contributed by atoms with Crippen LogP contribution in [-0.2, 0) is 24.7 Å². The molecule has 228 valence electrons. The molecule has 2 rings (SSSR count). The van der Waals surface area contributed by atoms with E-state index < -0.39 is 0 Å². The van der Waals surface area contributed by atoms with Crippen LogP contribution in [0.15, 0.2) is 34.9 Å². The van der Waals surface area contributed by atoms with Crippen molar-refractivity contribution in [2.45, 2.75) is 184 Å². The van der Waals surface area contributed by atoms with Gasteiger partial charge in [-0.2, -0.15) is 0 Å². The molecular formula is C40H68. The van der Waals surface area contributed by atoms with Gasteiger partial charge < -0.3 is 0 Å². The lowest BCUT2D eigenvalue weighted by molar-refractivity contribution is 0.411. The summed E-state index contributed by atoms with van der Waals surface area (Å²) in [6, 6.07) is 5.27. The van der Waals surface area contributed by atoms with Gasteiger partial charge in [-0.1, -0.05) is 131 Å². The van der Waals surface area contributed by atoms with E-state index in [-0.39, 0.29) is 5.41 Å². The van der Waals surface area contributed by atoms with Crippen LogP contribution >= 0.6 is 0 Å². The molecule has 0 nitrogen and oxygen atoms in total. The minimum Gasteiger partial charge on any atom is -0.0665 e. The molecule has 1 aliphatic carbocycles. The summed E-state index contributed by atoms with van der Waals surface area (Å²) in [7, 11) is 0. The van der Waals surface area contributed by atoms with Crippen LogP contribution in [0.1, 0.15) is 181 Å². The smallest absolute Gasteiger partial charge is 0.0129 e. The lowest BCUT2D eigenvalue weighted by atomic mass is 9.70. The molecule has 0 spiro atoms. The van der Waals surface area contributed by atoms with Gasteiger partial charge in [-0.3, -0.25) is 0 Å². The number of aryl methyl sites for hydroxylation is 3. The van der Waals surface area contributed by atoms with E-state index in [4.69, 9.17) is 0 Å². The van der Waals surface area contributed by atoms with Crippen molar-refractivity contribution in [3.8, 4) is 0 Å². The third kappa shape index (κ3) is 10.8. The Kier molecular flexibility index (Phi) is 14.8. The summed E-state index contributed by atoms with van der Waals surface area (Å²) in [6.07, 6.45) is 24.8. The van der Waals surface area contributed by atoms with Crippen LogP contribution in [0.25, 0.3) is 0 Å². The Hall–Kier alpha value is -1.30. The maximum absolute atomic E-state index is 2.70. The highest BCUT2D eigenvalue weighted by Crippen LogP contribution is 2.44. The fourth-order valence-corrected chi connectivity index (χ4v) is 6.82. The minimum atomic E-state index is 0.221. The van der Waals surface area contributed by atoms with Gasteiger partial charge in [-0.05, 0) is 122 Å². The summed E-state index contributed by atoms with van der Waals surface area (Å²) in [5.74, 6) is 0.770. The van der Waals surface area contributed by atoms with Crippen molar-refractivity contribution in [3.63, 3.8) is 0 Å². The van der Waals surface area contributed by atoms with Crippen molar-refractivity contribution >= 4 is 0 Å². The van der Waals surface area contributed by atoms with Gasteiger partial charge in [-0.25, -0.2) is 0 Å². The molecule has 0 radical (unpaired) electrons. The lowest BCUT2D eigenvalue weighted by Gasteiger charge is -2.35. The highest BCUT2D eigenvalue weighted by Gasteiger charge is 2.29. The van der Waals surface area contributed by atoms with Crippen LogP contribution < -0.4 is 0 Å². The standard InChI is InChI=1S/C40H68/c1-11-15-21-33-29-37(39(5,6)7)35(23-17-13-3)27-31(33)25-19-20-26-32-28-36(24-18-14-4)38(40(8,9)10)30-34(32)22-16-12-2/h27-29,34H,11-26,30H2,1-10H3. The summed E-state index contributed by atoms with van der Waals surface area (Å²) in [5, 5.41) is 0. The molecule has 0 bridgehead atoms. The van der Waals surface area contributed by atoms with E-state index in [1.54, 1.807) is 39.0 Å². The Morgan fingerprint density at radius 1 is 0.575 bits per heavy atom. The Bertz CT molecular complexity index is 939. The molecule has 1 unspecified atom stereocenters. The molecule has 0 saturated heterocycles. The molecule has 0 fully saturated rings. The zero-order valence-corrected chi connectivity index (χ0v) is 28.8. The first-order valence-electron chi connectivity index (χ1n) is 17.5. The SMILES string of the molecule is CCCCC1=C(C(C)(C)C)CC(CCCC)C(CCCCc2cc(CCCC)c(C(C)(C)C)cc2CCCC)=C1. The molecule has 0 heterocycles. The van der Waals surface area contributed by atoms with Gasteiger partial charge in [0.1, 0.15) is 0 Å². The monoisotopic (exact) mass is 549 g/mol. The topological polar surface area (TPSA) is 0 Å². The van der Waals surface area contributed by atoms with E-state index in [0.29, 0.717) is 5.41 Å². The Balaban J connectivity index is 2.25. The second-order valence-corrected chi connectivity index (χ2v) is 15.1. The molecule has 0 amide bonds. The van der Waals surface area contributed by atoms with Gasteiger partial charge in [0.2, 0.25) is 0 Å². The molecule has 40 heavy (non-hydrogen) atoms. The zero-order chi connectivity index (χ0) is 29.8. The van der Waals surface area contributed by atoms with E-state index in [2.05, 4.69) is 87.4 Å². The Morgan fingerprint density at radius 3 is 1.68 bits per heavy atom. The first-order chi connectivity index (χ1) is 19.0. The summed E-state index contributed by atoms with van der Waals surface area (Å²) >= 11 is 0. The number of rotatable bonds is 17. The second kappa shape index (κ2) is 17.0. The minimum absolute atomic E-state index is 0.221. The van der Waals surface area contributed by atoms with Crippen molar-refractivity contribution in [1.29, 1.82) is 0 Å². The zero-order valence-electron chi connectivity index (χ0n) is 28.8. The Labute approximate surface area is 251 Å². The van der Waals surface area contributed by atoms with Gasteiger partial charge in [0.05, 0.1) is 0 Å². The number of hydrogen-bond acceptors (Lipinski definition) is 0. The first-order valence-corrected chi connectivity index (χ1v) is 17.5. The summed E-state index contributed by atoms with van der Waals surface area (Å²) < 4.78 is 0. The second-order valence-electron chi connectivity index (χ2n) is 15.1. The highest BCUT2D eigenvalue weighted by atomic mass is 14.3. The van der Waals surface area contributed by atoms with Crippen LogP contribution in [0.5, 0.6) is 0 Å². The van der Waals surface area contributed by atoms with Gasteiger partial charge in [0.15, 0.2) is 0 Å². The third-order valence-corrected chi connectivity index (χ3v) is 9.33. The van der Waals surface area contributed by atoms with Crippen molar-refractivity contribution < 1.29 is 0 Å². The molecule has 1 aromatic carbocycles. The largest absolute Gasteiger partial charge is 0.0665 e. The highest BCUT2D eigenvalue weighted by molar-refractivity contribution is 5.42. The summed E-state index contributed by atoms with van der Waals surface area (Å²) in [4.78, 5) is 0. The van der Waals surface area contributed by atoms with Crippen molar-refractivity contribution in [2.75, 3.05) is 0 Å². The summed E-state index contributed by atoms with van der Waals surface area (Å²) in [6.45, 7) is 23.9. The van der Waals surface area contributed by atoms with E-state index in [9.17, 15) is 0 Å². The normalized spacial score (nSPS) is 16.6. The van der Waals surface area contributed by atoms with Crippen molar-refractivity contribution in [2.24, 2.45) is 11.3 Å². The first kappa shape index (κ1) is 34.9. The Morgan fingerprint density at radius 2 is 1.10 bits per heavy atom. The van der Waals surface area contributed by atoms with Crippen LogP contribution in [-0.4, -0.2) is 0 Å². The number of hydrogen-bond donors (Lipinski definition) is 0. The number of unbranched alkanes of at least 4 members (excludes halogenated alkanes) is 5. The quantitative estimate of drug-likeness (QED) is 0.170. The van der Waals surface area contributed by atoms with Gasteiger partial charge in [0, 0.05) is 0 Å². The van der Waals surface area contributed by atoms with Gasteiger partial charge in [0.25, 0.3) is 0 Å². The maximum Gasteiger partial charge on any atom is -0.0129 e. The molecular weight excluding hydrogens is 480 g/mol. The van der Waals surface area contributed by atoms with E-state index in [1.807, 2.05) is 0 Å². The molecule has 0 N–H and O–H groups in total. The van der Waals surface area contributed by atoms with Crippen molar-refractivity contribution in [1.82, 2.24) is 0 Å². The fourth-order valence-electron chi connectivity index (χ4n) is 6.82. The fraction of sp³-hybridized carbons (Fsp3) is 0.750. The van der Waals surface area contributed by atoms with E-state index in [1.165, 1.54) is 109 Å². The average molecular weight is 549 g/mol. The number of allylic oxidation sites excluding steroid dienone is 4. The predicted octanol–water partition coefficient (Wildman–Crippen LogP) is 13.1. The van der Waals surface area contributed by atoms with Crippen LogP contribution in [0.3, 0.4) is 0 Å². The molecule has 1 aromatic rings. The van der Waals surface area contributed by atoms with Crippen LogP contribution in [0.2, 0.25) is 0 Å². The lowest BCUT2D eigenvalue weighted by Crippen LogP contribution is -2.21. The van der Waals surface area contributed by atoms with E-state index >= 15 is 0 Å². The molecule has 1 atom stereocenters. The van der Waals surface area contributed by atoms with E-state index in [0.717, 1.165) is 5.92 Å². The molecule has 0 saturated carbocycles. The van der Waals surface area contributed by atoms with Crippen molar-refractivity contribution in [3.05, 3.63) is 57.2 Å². The molecule has 0 heteroatoms. The van der Waals surface area contributed by atoms with Crippen LogP contribution in [0.4, 0.5) is 0 Å². The van der Waals surface area contributed by atoms with Crippen LogP contribution in [0, 0.1) is 11.3 Å². The summed E-state index contributed by atoms with van der Waals surface area (Å²) in [5.41, 5.74) is 12.3.